The second-order valence-corrected chi connectivity index (χ2v) is 8.05. The first-order valence-corrected chi connectivity index (χ1v) is 8.82. The third-order valence-corrected chi connectivity index (χ3v) is 6.82. The van der Waals surface area contributed by atoms with Crippen molar-refractivity contribution in [2.24, 2.45) is 17.8 Å². The van der Waals surface area contributed by atoms with Crippen LogP contribution >= 0.6 is 0 Å². The first-order valence-electron chi connectivity index (χ1n) is 7.33. The molecule has 4 unspecified atom stereocenters. The van der Waals surface area contributed by atoms with Gasteiger partial charge in [0.05, 0.1) is 0 Å². The van der Waals surface area contributed by atoms with Gasteiger partial charge in [-0.05, 0) is 57.8 Å². The lowest BCUT2D eigenvalue weighted by atomic mass is 9.84. The summed E-state index contributed by atoms with van der Waals surface area (Å²) < 4.78 is 32.8. The van der Waals surface area contributed by atoms with Crippen molar-refractivity contribution in [2.75, 3.05) is 0 Å². The lowest BCUT2D eigenvalue weighted by molar-refractivity contribution is 0.280. The van der Waals surface area contributed by atoms with Gasteiger partial charge in [0.15, 0.2) is 5.76 Å². The molecule has 6 heteroatoms. The Labute approximate surface area is 120 Å². The third kappa shape index (κ3) is 2.29. The number of rotatable bonds is 4. The van der Waals surface area contributed by atoms with Crippen molar-refractivity contribution in [3.8, 4) is 0 Å². The van der Waals surface area contributed by atoms with Crippen LogP contribution in [-0.4, -0.2) is 19.6 Å². The molecule has 1 heterocycles. The van der Waals surface area contributed by atoms with Gasteiger partial charge >= 0.3 is 0 Å². The maximum absolute atomic E-state index is 12.5. The van der Waals surface area contributed by atoms with Crippen molar-refractivity contribution in [3.05, 3.63) is 11.5 Å². The highest BCUT2D eigenvalue weighted by Gasteiger charge is 2.43. The van der Waals surface area contributed by atoms with Crippen LogP contribution in [0.4, 0.5) is 0 Å². The Morgan fingerprint density at radius 1 is 1.30 bits per heavy atom. The second kappa shape index (κ2) is 4.84. The average molecular weight is 298 g/mol. The Morgan fingerprint density at radius 2 is 2.05 bits per heavy atom. The van der Waals surface area contributed by atoms with Crippen LogP contribution < -0.4 is 4.72 Å². The van der Waals surface area contributed by atoms with E-state index in [1.165, 1.54) is 19.3 Å². The third-order valence-electron chi connectivity index (χ3n) is 5.01. The van der Waals surface area contributed by atoms with Crippen LogP contribution in [0, 0.1) is 31.6 Å². The fraction of sp³-hybridized carbons (Fsp3) is 0.786. The van der Waals surface area contributed by atoms with Crippen molar-refractivity contribution in [2.45, 2.75) is 57.4 Å². The predicted octanol–water partition coefficient (Wildman–Crippen LogP) is 2.39. The quantitative estimate of drug-likeness (QED) is 0.926. The van der Waals surface area contributed by atoms with E-state index in [1.807, 2.05) is 6.92 Å². The Balaban J connectivity index is 1.77. The molecule has 1 aromatic heterocycles. The fourth-order valence-corrected chi connectivity index (χ4v) is 5.78. The van der Waals surface area contributed by atoms with Crippen LogP contribution in [0.3, 0.4) is 0 Å². The Morgan fingerprint density at radius 3 is 2.55 bits per heavy atom. The SMILES string of the molecule is Cc1noc(C)c1S(=O)(=O)NC(C)C1CC2CCC1C2. The molecule has 0 amide bonds. The molecular weight excluding hydrogens is 276 g/mol. The monoisotopic (exact) mass is 298 g/mol. The van der Waals surface area contributed by atoms with E-state index in [2.05, 4.69) is 9.88 Å². The van der Waals surface area contributed by atoms with Gasteiger partial charge in [-0.2, -0.15) is 0 Å². The predicted molar refractivity (Wildman–Crippen MR) is 74.7 cm³/mol. The van der Waals surface area contributed by atoms with E-state index in [0.717, 1.165) is 12.3 Å². The summed E-state index contributed by atoms with van der Waals surface area (Å²) >= 11 is 0. The Hall–Kier alpha value is -0.880. The second-order valence-electron chi connectivity index (χ2n) is 6.40. The molecule has 4 atom stereocenters. The van der Waals surface area contributed by atoms with Crippen molar-refractivity contribution >= 4 is 10.0 Å². The molecule has 0 radical (unpaired) electrons. The summed E-state index contributed by atoms with van der Waals surface area (Å²) in [5, 5.41) is 3.73. The number of fused-ring (bicyclic) bond motifs is 2. The van der Waals surface area contributed by atoms with Gasteiger partial charge in [-0.15, -0.1) is 0 Å². The standard InChI is InChI=1S/C14H22N2O3S/c1-8(13-7-11-4-5-12(13)6-11)16-20(17,18)14-9(2)15-19-10(14)3/h8,11-13,16H,4-7H2,1-3H3. The lowest BCUT2D eigenvalue weighted by Crippen LogP contribution is -2.40. The molecule has 2 saturated carbocycles. The van der Waals surface area contributed by atoms with Gasteiger partial charge in [-0.3, -0.25) is 0 Å². The van der Waals surface area contributed by atoms with Crippen LogP contribution in [0.25, 0.3) is 0 Å². The highest BCUT2D eigenvalue weighted by molar-refractivity contribution is 7.89. The van der Waals surface area contributed by atoms with Gasteiger partial charge in [-0.25, -0.2) is 13.1 Å². The van der Waals surface area contributed by atoms with Crippen LogP contribution in [0.5, 0.6) is 0 Å². The molecule has 2 aliphatic carbocycles. The molecule has 0 aromatic carbocycles. The zero-order chi connectivity index (χ0) is 14.5. The largest absolute Gasteiger partial charge is 0.360 e. The zero-order valence-corrected chi connectivity index (χ0v) is 13.0. The average Bonchev–Trinajstić information content (AvgIpc) is 3.04. The molecule has 2 fully saturated rings. The number of hydrogen-bond donors (Lipinski definition) is 1. The summed E-state index contributed by atoms with van der Waals surface area (Å²) in [5.74, 6) is 2.34. The molecule has 1 N–H and O–H groups in total. The van der Waals surface area contributed by atoms with Crippen LogP contribution in [0.15, 0.2) is 9.42 Å². The molecular formula is C14H22N2O3S. The molecule has 0 saturated heterocycles. The number of hydrogen-bond acceptors (Lipinski definition) is 4. The van der Waals surface area contributed by atoms with Gasteiger partial charge in [-0.1, -0.05) is 11.6 Å². The number of sulfonamides is 1. The molecule has 20 heavy (non-hydrogen) atoms. The van der Waals surface area contributed by atoms with Gasteiger partial charge in [0.25, 0.3) is 0 Å². The van der Waals surface area contributed by atoms with Gasteiger partial charge in [0.2, 0.25) is 10.0 Å². The maximum atomic E-state index is 12.5. The number of nitrogens with one attached hydrogen (secondary N) is 1. The minimum absolute atomic E-state index is 0.0241. The smallest absolute Gasteiger partial charge is 0.246 e. The highest BCUT2D eigenvalue weighted by Crippen LogP contribution is 2.49. The fourth-order valence-electron chi connectivity index (χ4n) is 4.16. The minimum atomic E-state index is -3.54. The lowest BCUT2D eigenvalue weighted by Gasteiger charge is -2.28. The Bertz CT molecular complexity index is 588. The van der Waals surface area contributed by atoms with Crippen LogP contribution in [-0.2, 0) is 10.0 Å². The molecule has 3 rings (SSSR count). The van der Waals surface area contributed by atoms with Crippen molar-refractivity contribution < 1.29 is 12.9 Å². The number of nitrogens with zero attached hydrogens (tertiary/aromatic N) is 1. The summed E-state index contributed by atoms with van der Waals surface area (Å²) in [6.07, 6.45) is 5.02. The van der Waals surface area contributed by atoms with Crippen LogP contribution in [0.1, 0.15) is 44.1 Å². The Kier molecular flexibility index (Phi) is 3.41. The zero-order valence-electron chi connectivity index (χ0n) is 12.2. The number of aromatic nitrogens is 1. The van der Waals surface area contributed by atoms with E-state index in [-0.39, 0.29) is 10.9 Å². The highest BCUT2D eigenvalue weighted by atomic mass is 32.2. The van der Waals surface area contributed by atoms with Gasteiger partial charge in [0.1, 0.15) is 10.6 Å². The molecule has 112 valence electrons. The van der Waals surface area contributed by atoms with E-state index in [1.54, 1.807) is 13.8 Å². The maximum Gasteiger partial charge on any atom is 0.246 e. The van der Waals surface area contributed by atoms with E-state index in [0.29, 0.717) is 23.3 Å². The van der Waals surface area contributed by atoms with Crippen LogP contribution in [0.2, 0.25) is 0 Å². The molecule has 2 aliphatic rings. The summed E-state index contributed by atoms with van der Waals surface area (Å²) in [6.45, 7) is 5.28. The normalized spacial score (nSPS) is 30.9. The van der Waals surface area contributed by atoms with Crippen molar-refractivity contribution in [1.29, 1.82) is 0 Å². The van der Waals surface area contributed by atoms with E-state index in [9.17, 15) is 8.42 Å². The first-order chi connectivity index (χ1) is 9.38. The van der Waals surface area contributed by atoms with E-state index < -0.39 is 10.0 Å². The molecule has 2 bridgehead atoms. The minimum Gasteiger partial charge on any atom is -0.360 e. The van der Waals surface area contributed by atoms with Crippen molar-refractivity contribution in [1.82, 2.24) is 9.88 Å². The summed E-state index contributed by atoms with van der Waals surface area (Å²) in [4.78, 5) is 0.201. The molecule has 5 nitrogen and oxygen atoms in total. The summed E-state index contributed by atoms with van der Waals surface area (Å²) in [6, 6.07) is -0.0241. The molecule has 0 aliphatic heterocycles. The van der Waals surface area contributed by atoms with E-state index in [4.69, 9.17) is 4.52 Å². The van der Waals surface area contributed by atoms with Gasteiger partial charge in [0, 0.05) is 6.04 Å². The topological polar surface area (TPSA) is 72.2 Å². The summed E-state index contributed by atoms with van der Waals surface area (Å²) in [7, 11) is -3.54. The number of aryl methyl sites for hydroxylation is 2. The van der Waals surface area contributed by atoms with Crippen molar-refractivity contribution in [3.63, 3.8) is 0 Å². The summed E-state index contributed by atoms with van der Waals surface area (Å²) in [5.41, 5.74) is 0.426. The van der Waals surface area contributed by atoms with Gasteiger partial charge < -0.3 is 4.52 Å². The first kappa shape index (κ1) is 14.1. The molecule has 1 aromatic rings. The van der Waals surface area contributed by atoms with E-state index >= 15 is 0 Å². The molecule has 0 spiro atoms.